The molecule has 0 aromatic carbocycles. The van der Waals surface area contributed by atoms with Gasteiger partial charge in [0.15, 0.2) is 0 Å². The molecular formula is C22H32F3N3O4. The Morgan fingerprint density at radius 1 is 1.06 bits per heavy atom. The highest BCUT2D eigenvalue weighted by molar-refractivity contribution is 5.79. The number of carboxylic acid groups (broad SMARTS) is 1. The lowest BCUT2D eigenvalue weighted by Crippen LogP contribution is -2.39. The van der Waals surface area contributed by atoms with Crippen LogP contribution in [0, 0.1) is 31.6 Å². The largest absolute Gasteiger partial charge is 0.490 e. The molecule has 10 heteroatoms. The van der Waals surface area contributed by atoms with Gasteiger partial charge in [-0.2, -0.15) is 13.2 Å². The Morgan fingerprint density at radius 2 is 1.69 bits per heavy atom. The minimum Gasteiger partial charge on any atom is -0.475 e. The monoisotopic (exact) mass is 459 g/mol. The van der Waals surface area contributed by atoms with Gasteiger partial charge >= 0.3 is 12.1 Å². The van der Waals surface area contributed by atoms with E-state index in [9.17, 15) is 18.0 Å². The molecule has 1 amide bonds. The molecule has 180 valence electrons. The first-order valence-corrected chi connectivity index (χ1v) is 11.3. The van der Waals surface area contributed by atoms with E-state index in [0.29, 0.717) is 23.7 Å². The summed E-state index contributed by atoms with van der Waals surface area (Å²) in [6, 6.07) is 0. The third-order valence-electron chi connectivity index (χ3n) is 6.96. The first kappa shape index (κ1) is 24.5. The number of aliphatic carboxylic acids is 1. The number of hydrogen-bond donors (Lipinski definition) is 1. The average molecular weight is 460 g/mol. The summed E-state index contributed by atoms with van der Waals surface area (Å²) in [6.45, 7) is 9.15. The summed E-state index contributed by atoms with van der Waals surface area (Å²) in [5.41, 5.74) is 2.26. The highest BCUT2D eigenvalue weighted by atomic mass is 19.4. The predicted octanol–water partition coefficient (Wildman–Crippen LogP) is 3.79. The first-order valence-electron chi connectivity index (χ1n) is 11.3. The average Bonchev–Trinajstić information content (AvgIpc) is 3.31. The topological polar surface area (TPSA) is 86.9 Å². The van der Waals surface area contributed by atoms with Gasteiger partial charge in [0.2, 0.25) is 5.91 Å². The van der Waals surface area contributed by atoms with Crippen molar-refractivity contribution in [1.29, 1.82) is 0 Å². The molecule has 1 saturated carbocycles. The highest BCUT2D eigenvalue weighted by Crippen LogP contribution is 2.34. The number of rotatable bonds is 3. The fraction of sp³-hybridized carbons (Fsp3) is 0.773. The van der Waals surface area contributed by atoms with Crippen molar-refractivity contribution in [3.63, 3.8) is 0 Å². The van der Waals surface area contributed by atoms with Gasteiger partial charge in [-0.15, -0.1) is 0 Å². The summed E-state index contributed by atoms with van der Waals surface area (Å²) in [7, 11) is 0. The zero-order valence-electron chi connectivity index (χ0n) is 18.7. The molecule has 3 fully saturated rings. The molecule has 2 aliphatic heterocycles. The van der Waals surface area contributed by atoms with Crippen LogP contribution in [-0.4, -0.2) is 64.3 Å². The second-order valence-corrected chi connectivity index (χ2v) is 9.23. The van der Waals surface area contributed by atoms with Crippen molar-refractivity contribution in [3.8, 4) is 0 Å². The van der Waals surface area contributed by atoms with Crippen molar-refractivity contribution in [3.05, 3.63) is 17.0 Å². The van der Waals surface area contributed by atoms with Crippen LogP contribution in [0.1, 0.15) is 55.5 Å². The van der Waals surface area contributed by atoms with E-state index >= 15 is 0 Å². The molecule has 2 saturated heterocycles. The van der Waals surface area contributed by atoms with E-state index in [1.54, 1.807) is 0 Å². The summed E-state index contributed by atoms with van der Waals surface area (Å²) in [5, 5.41) is 11.2. The summed E-state index contributed by atoms with van der Waals surface area (Å²) in [5.74, 6) is 0.293. The lowest BCUT2D eigenvalue weighted by atomic mass is 9.88. The Morgan fingerprint density at radius 3 is 2.25 bits per heavy atom. The van der Waals surface area contributed by atoms with Crippen LogP contribution in [0.2, 0.25) is 0 Å². The lowest BCUT2D eigenvalue weighted by molar-refractivity contribution is -0.192. The smallest absolute Gasteiger partial charge is 0.475 e. The van der Waals surface area contributed by atoms with E-state index in [-0.39, 0.29) is 0 Å². The van der Waals surface area contributed by atoms with E-state index in [2.05, 4.69) is 15.0 Å². The minimum atomic E-state index is -5.08. The van der Waals surface area contributed by atoms with E-state index in [4.69, 9.17) is 14.4 Å². The van der Waals surface area contributed by atoms with Crippen LogP contribution in [0.5, 0.6) is 0 Å². The Bertz CT molecular complexity index is 785. The standard InChI is InChI=1S/C20H31N3O2.C2HF3O2/c1-14-19(15(2)25-21-14)13-22-9-8-17-11-23(12-18(17)10-22)20(24)16-6-4-3-5-7-16;3-2(4,5)1(6)7/h16-18H,3-13H2,1-2H3;(H,6,7)/t17-,18+;/m0./s1. The molecule has 1 aromatic heterocycles. The van der Waals surface area contributed by atoms with Crippen LogP contribution in [0.4, 0.5) is 13.2 Å². The maximum atomic E-state index is 12.9. The Hall–Kier alpha value is -2.10. The number of nitrogens with zero attached hydrogens (tertiary/aromatic N) is 3. The van der Waals surface area contributed by atoms with E-state index in [0.717, 1.165) is 57.0 Å². The van der Waals surface area contributed by atoms with Gasteiger partial charge in [0.1, 0.15) is 5.76 Å². The van der Waals surface area contributed by atoms with Crippen LogP contribution < -0.4 is 0 Å². The lowest BCUT2D eigenvalue weighted by Gasteiger charge is -2.34. The first-order chi connectivity index (χ1) is 15.1. The number of likely N-dealkylation sites (tertiary alicyclic amines) is 2. The van der Waals surface area contributed by atoms with Crippen molar-refractivity contribution < 1.29 is 32.4 Å². The van der Waals surface area contributed by atoms with E-state index in [1.807, 2.05) is 13.8 Å². The minimum absolute atomic E-state index is 0.312. The number of carboxylic acids is 1. The number of aryl methyl sites for hydroxylation is 2. The number of alkyl halides is 3. The van der Waals surface area contributed by atoms with Crippen molar-refractivity contribution in [2.45, 2.75) is 65.1 Å². The zero-order chi connectivity index (χ0) is 23.5. The molecule has 0 bridgehead atoms. The molecule has 7 nitrogen and oxygen atoms in total. The van der Waals surface area contributed by atoms with Crippen LogP contribution >= 0.6 is 0 Å². The van der Waals surface area contributed by atoms with Crippen LogP contribution in [0.15, 0.2) is 4.52 Å². The predicted molar refractivity (Wildman–Crippen MR) is 110 cm³/mol. The summed E-state index contributed by atoms with van der Waals surface area (Å²) in [6.07, 6.45) is 2.14. The zero-order valence-corrected chi connectivity index (χ0v) is 18.7. The van der Waals surface area contributed by atoms with Gasteiger partial charge in [-0.05, 0) is 51.5 Å². The van der Waals surface area contributed by atoms with E-state index < -0.39 is 12.1 Å². The van der Waals surface area contributed by atoms with Crippen LogP contribution in [-0.2, 0) is 16.1 Å². The molecule has 32 heavy (non-hydrogen) atoms. The fourth-order valence-electron chi connectivity index (χ4n) is 5.13. The van der Waals surface area contributed by atoms with Crippen LogP contribution in [0.3, 0.4) is 0 Å². The number of piperidine rings is 1. The normalized spacial score (nSPS) is 24.6. The number of hydrogen-bond acceptors (Lipinski definition) is 5. The molecule has 1 aliphatic carbocycles. The maximum Gasteiger partial charge on any atom is 0.490 e. The van der Waals surface area contributed by atoms with Crippen LogP contribution in [0.25, 0.3) is 0 Å². The number of aromatic nitrogens is 1. The molecule has 0 unspecified atom stereocenters. The van der Waals surface area contributed by atoms with Crippen molar-refractivity contribution in [2.75, 3.05) is 26.2 Å². The number of carbonyl (C=O) groups excluding carboxylic acids is 1. The molecule has 0 radical (unpaired) electrons. The van der Waals surface area contributed by atoms with Gasteiger partial charge in [0.25, 0.3) is 0 Å². The van der Waals surface area contributed by atoms with Crippen molar-refractivity contribution in [2.24, 2.45) is 17.8 Å². The maximum absolute atomic E-state index is 12.9. The van der Waals surface area contributed by atoms with Gasteiger partial charge < -0.3 is 14.5 Å². The second kappa shape index (κ2) is 10.2. The summed E-state index contributed by atoms with van der Waals surface area (Å²) in [4.78, 5) is 26.5. The molecule has 3 heterocycles. The van der Waals surface area contributed by atoms with Crippen molar-refractivity contribution in [1.82, 2.24) is 15.0 Å². The Kier molecular flexibility index (Phi) is 7.84. The molecular weight excluding hydrogens is 427 g/mol. The van der Waals surface area contributed by atoms with Crippen molar-refractivity contribution >= 4 is 11.9 Å². The number of carbonyl (C=O) groups is 2. The third-order valence-corrected chi connectivity index (χ3v) is 6.96. The number of amides is 1. The molecule has 3 aliphatic rings. The molecule has 2 atom stereocenters. The number of fused-ring (bicyclic) bond motifs is 1. The SMILES string of the molecule is Cc1noc(C)c1CN1CC[C@H]2CN(C(=O)C3CCCCC3)C[C@H]2C1.O=C(O)C(F)(F)F. The van der Waals surface area contributed by atoms with E-state index in [1.165, 1.54) is 31.2 Å². The number of halogens is 3. The highest BCUT2D eigenvalue weighted by Gasteiger charge is 2.40. The quantitative estimate of drug-likeness (QED) is 0.740. The van der Waals surface area contributed by atoms with Gasteiger partial charge in [-0.3, -0.25) is 9.69 Å². The van der Waals surface area contributed by atoms with Gasteiger partial charge in [0, 0.05) is 37.7 Å². The Balaban J connectivity index is 0.000000360. The molecule has 1 aromatic rings. The molecule has 0 spiro atoms. The second-order valence-electron chi connectivity index (χ2n) is 9.23. The van der Waals surface area contributed by atoms with Gasteiger partial charge in [0.05, 0.1) is 5.69 Å². The molecule has 4 rings (SSSR count). The van der Waals surface area contributed by atoms with Gasteiger partial charge in [-0.1, -0.05) is 24.4 Å². The third kappa shape index (κ3) is 6.02. The van der Waals surface area contributed by atoms with Gasteiger partial charge in [-0.25, -0.2) is 4.79 Å². The Labute approximate surface area is 185 Å². The molecule has 1 N–H and O–H groups in total. The fourth-order valence-corrected chi connectivity index (χ4v) is 5.13. The summed E-state index contributed by atoms with van der Waals surface area (Å²) < 4.78 is 37.0. The summed E-state index contributed by atoms with van der Waals surface area (Å²) >= 11 is 0.